The number of hydrogen-bond acceptors (Lipinski definition) is 4. The van der Waals surface area contributed by atoms with Crippen molar-refractivity contribution >= 4 is 27.6 Å². The van der Waals surface area contributed by atoms with Crippen LogP contribution < -0.4 is 5.32 Å². The van der Waals surface area contributed by atoms with E-state index in [-0.39, 0.29) is 18.1 Å². The molecule has 1 aromatic carbocycles. The molecule has 0 aliphatic rings. The minimum Gasteiger partial charge on any atom is -0.476 e. The smallest absolute Gasteiger partial charge is 0.358 e. The Bertz CT molecular complexity index is 585. The Morgan fingerprint density at radius 3 is 2.89 bits per heavy atom. The number of nitrogens with zero attached hydrogens (tertiary/aromatic N) is 1. The zero-order valence-corrected chi connectivity index (χ0v) is 10.6. The molecule has 0 spiro atoms. The molecule has 0 radical (unpaired) electrons. The normalized spacial score (nSPS) is 10.3. The van der Waals surface area contributed by atoms with Crippen molar-refractivity contribution in [1.29, 1.82) is 0 Å². The fourth-order valence-electron chi connectivity index (χ4n) is 1.29. The molecule has 1 heterocycles. The van der Waals surface area contributed by atoms with Gasteiger partial charge in [0, 0.05) is 11.8 Å². The first-order chi connectivity index (χ1) is 8.56. The van der Waals surface area contributed by atoms with Crippen LogP contribution in [0.1, 0.15) is 16.2 Å². The molecule has 0 atom stereocenters. The van der Waals surface area contributed by atoms with Crippen molar-refractivity contribution in [3.63, 3.8) is 0 Å². The van der Waals surface area contributed by atoms with E-state index in [0.717, 1.165) is 0 Å². The Morgan fingerprint density at radius 1 is 1.50 bits per heavy atom. The molecule has 0 aliphatic carbocycles. The minimum absolute atomic E-state index is 0.159. The molecule has 2 N–H and O–H groups in total. The number of nitrogens with one attached hydrogen (secondary N) is 1. The van der Waals surface area contributed by atoms with E-state index in [4.69, 9.17) is 9.63 Å². The number of aromatic nitrogens is 1. The van der Waals surface area contributed by atoms with Gasteiger partial charge in [0.25, 0.3) is 0 Å². The summed E-state index contributed by atoms with van der Waals surface area (Å²) in [4.78, 5) is 10.6. The second kappa shape index (κ2) is 5.18. The molecule has 94 valence electrons. The first-order valence-electron chi connectivity index (χ1n) is 4.94. The third-order valence-electron chi connectivity index (χ3n) is 2.16. The molecule has 0 saturated carbocycles. The fraction of sp³-hybridized carbons (Fsp3) is 0.0909. The molecule has 0 aliphatic heterocycles. The van der Waals surface area contributed by atoms with Crippen LogP contribution >= 0.6 is 15.9 Å². The Kier molecular flexibility index (Phi) is 3.61. The third-order valence-corrected chi connectivity index (χ3v) is 2.81. The zero-order chi connectivity index (χ0) is 13.1. The van der Waals surface area contributed by atoms with E-state index >= 15 is 0 Å². The highest BCUT2D eigenvalue weighted by molar-refractivity contribution is 9.10. The summed E-state index contributed by atoms with van der Waals surface area (Å²) in [5, 5.41) is 14.9. The molecule has 5 nitrogen and oxygen atoms in total. The van der Waals surface area contributed by atoms with Crippen molar-refractivity contribution in [1.82, 2.24) is 5.16 Å². The van der Waals surface area contributed by atoms with Gasteiger partial charge in [0.2, 0.25) is 0 Å². The van der Waals surface area contributed by atoms with Crippen LogP contribution in [-0.4, -0.2) is 16.2 Å². The molecular weight excluding hydrogens is 307 g/mol. The summed E-state index contributed by atoms with van der Waals surface area (Å²) in [6, 6.07) is 5.88. The number of benzene rings is 1. The molecule has 2 rings (SSSR count). The summed E-state index contributed by atoms with van der Waals surface area (Å²) in [5.41, 5.74) is 0.401. The third kappa shape index (κ3) is 2.86. The SMILES string of the molecule is O=C(O)c1cc(CNc2ccc(Br)c(F)c2)on1. The molecule has 0 saturated heterocycles. The molecule has 1 aromatic heterocycles. The highest BCUT2D eigenvalue weighted by Gasteiger charge is 2.10. The Balaban J connectivity index is 2.02. The van der Waals surface area contributed by atoms with Crippen molar-refractivity contribution in [3.8, 4) is 0 Å². The number of rotatable bonds is 4. The molecule has 0 unspecified atom stereocenters. The summed E-state index contributed by atoms with van der Waals surface area (Å²) >= 11 is 3.05. The lowest BCUT2D eigenvalue weighted by Crippen LogP contribution is -1.99. The fourth-order valence-corrected chi connectivity index (χ4v) is 1.54. The van der Waals surface area contributed by atoms with Crippen LogP contribution in [0.5, 0.6) is 0 Å². The van der Waals surface area contributed by atoms with E-state index in [9.17, 15) is 9.18 Å². The van der Waals surface area contributed by atoms with Crippen LogP contribution in [0.3, 0.4) is 0 Å². The maximum absolute atomic E-state index is 13.2. The van der Waals surface area contributed by atoms with Gasteiger partial charge in [-0.1, -0.05) is 5.16 Å². The van der Waals surface area contributed by atoms with Crippen molar-refractivity contribution < 1.29 is 18.8 Å². The molecule has 18 heavy (non-hydrogen) atoms. The van der Waals surface area contributed by atoms with Crippen LogP contribution in [0.15, 0.2) is 33.3 Å². The average molecular weight is 315 g/mol. The summed E-state index contributed by atoms with van der Waals surface area (Å²) in [6.07, 6.45) is 0. The average Bonchev–Trinajstić information content (AvgIpc) is 2.79. The van der Waals surface area contributed by atoms with Crippen LogP contribution in [0, 0.1) is 5.82 Å². The number of halogens is 2. The van der Waals surface area contributed by atoms with Gasteiger partial charge in [0.1, 0.15) is 5.82 Å². The van der Waals surface area contributed by atoms with Gasteiger partial charge in [-0.3, -0.25) is 0 Å². The maximum Gasteiger partial charge on any atom is 0.358 e. The monoisotopic (exact) mass is 314 g/mol. The van der Waals surface area contributed by atoms with Gasteiger partial charge in [-0.05, 0) is 34.1 Å². The lowest BCUT2D eigenvalue weighted by atomic mass is 10.3. The summed E-state index contributed by atoms with van der Waals surface area (Å²) in [7, 11) is 0. The second-order valence-electron chi connectivity index (χ2n) is 3.47. The predicted octanol–water partition coefficient (Wildman–Crippen LogP) is 2.89. The molecule has 2 aromatic rings. The molecule has 0 bridgehead atoms. The van der Waals surface area contributed by atoms with Gasteiger partial charge >= 0.3 is 5.97 Å². The van der Waals surface area contributed by atoms with Crippen LogP contribution in [0.4, 0.5) is 10.1 Å². The predicted molar refractivity (Wildman–Crippen MR) is 64.9 cm³/mol. The second-order valence-corrected chi connectivity index (χ2v) is 4.32. The summed E-state index contributed by atoms with van der Waals surface area (Å²) in [6.45, 7) is 0.224. The van der Waals surface area contributed by atoms with Crippen LogP contribution in [0.2, 0.25) is 0 Å². The van der Waals surface area contributed by atoms with Crippen LogP contribution in [-0.2, 0) is 6.54 Å². The molecular formula is C11H8BrFN2O3. The number of carbonyl (C=O) groups is 1. The number of hydrogen-bond donors (Lipinski definition) is 2. The van der Waals surface area contributed by atoms with Gasteiger partial charge in [0.15, 0.2) is 11.5 Å². The van der Waals surface area contributed by atoms with E-state index in [1.807, 2.05) is 0 Å². The Labute approximate surface area is 110 Å². The van der Waals surface area contributed by atoms with Gasteiger partial charge in [-0.2, -0.15) is 0 Å². The van der Waals surface area contributed by atoms with Gasteiger partial charge in [-0.25, -0.2) is 9.18 Å². The molecule has 0 fully saturated rings. The molecule has 0 amide bonds. The lowest BCUT2D eigenvalue weighted by molar-refractivity contribution is 0.0685. The number of anilines is 1. The van der Waals surface area contributed by atoms with Crippen LogP contribution in [0.25, 0.3) is 0 Å². The quantitative estimate of drug-likeness (QED) is 0.907. The number of aromatic carboxylic acids is 1. The largest absolute Gasteiger partial charge is 0.476 e. The van der Waals surface area contributed by atoms with Gasteiger partial charge in [-0.15, -0.1) is 0 Å². The van der Waals surface area contributed by atoms with E-state index in [1.165, 1.54) is 12.1 Å². The van der Waals surface area contributed by atoms with Crippen molar-refractivity contribution in [2.45, 2.75) is 6.54 Å². The van der Waals surface area contributed by atoms with Gasteiger partial charge < -0.3 is 14.9 Å². The number of carboxylic acid groups (broad SMARTS) is 1. The topological polar surface area (TPSA) is 75.4 Å². The summed E-state index contributed by atoms with van der Waals surface area (Å²) in [5.74, 6) is -1.18. The first-order valence-corrected chi connectivity index (χ1v) is 5.73. The van der Waals surface area contributed by atoms with Crippen molar-refractivity contribution in [3.05, 3.63) is 46.0 Å². The standard InChI is InChI=1S/C11H8BrFN2O3/c12-8-2-1-6(3-9(8)13)14-5-7-4-10(11(16)17)15-18-7/h1-4,14H,5H2,(H,16,17). The highest BCUT2D eigenvalue weighted by atomic mass is 79.9. The minimum atomic E-state index is -1.15. The highest BCUT2D eigenvalue weighted by Crippen LogP contribution is 2.19. The van der Waals surface area contributed by atoms with Crippen molar-refractivity contribution in [2.24, 2.45) is 0 Å². The first kappa shape index (κ1) is 12.6. The maximum atomic E-state index is 13.2. The Hall–Kier alpha value is -1.89. The Morgan fingerprint density at radius 2 is 2.28 bits per heavy atom. The van der Waals surface area contributed by atoms with E-state index < -0.39 is 5.97 Å². The number of carboxylic acids is 1. The van der Waals surface area contributed by atoms with Gasteiger partial charge in [0.05, 0.1) is 11.0 Å². The van der Waals surface area contributed by atoms with E-state index in [1.54, 1.807) is 12.1 Å². The van der Waals surface area contributed by atoms with E-state index in [0.29, 0.717) is 15.9 Å². The lowest BCUT2D eigenvalue weighted by Gasteiger charge is -2.04. The zero-order valence-electron chi connectivity index (χ0n) is 8.98. The summed E-state index contributed by atoms with van der Waals surface area (Å²) < 4.78 is 18.4. The molecule has 7 heteroatoms. The van der Waals surface area contributed by atoms with Crippen molar-refractivity contribution in [2.75, 3.05) is 5.32 Å². The van der Waals surface area contributed by atoms with E-state index in [2.05, 4.69) is 26.4 Å².